The van der Waals surface area contributed by atoms with E-state index in [0.29, 0.717) is 29.6 Å². The molecule has 0 aliphatic carbocycles. The summed E-state index contributed by atoms with van der Waals surface area (Å²) in [5.74, 6) is -0.997. The Balaban J connectivity index is 2.13. The fourth-order valence-corrected chi connectivity index (χ4v) is 2.24. The number of nitrogens with zero attached hydrogens (tertiary/aromatic N) is 2. The molecule has 1 heterocycles. The molecule has 0 amide bonds. The Hall–Kier alpha value is -2.81. The Labute approximate surface area is 157 Å². The zero-order chi connectivity index (χ0) is 20.0. The number of carboxylic acid groups (broad SMARTS) is 1. The SMILES string of the molecule is CC/C(=N/Nc1ncc(C(F)(F)F)cc1Cl)c1ccc(OCC(=O)[O-])cc1. The van der Waals surface area contributed by atoms with Crippen molar-refractivity contribution in [1.29, 1.82) is 0 Å². The first-order valence-corrected chi connectivity index (χ1v) is 8.07. The maximum atomic E-state index is 12.6. The van der Waals surface area contributed by atoms with Crippen LogP contribution in [-0.2, 0) is 11.0 Å². The predicted molar refractivity (Wildman–Crippen MR) is 91.6 cm³/mol. The number of pyridine rings is 1. The van der Waals surface area contributed by atoms with Crippen LogP contribution >= 0.6 is 11.6 Å². The third-order valence-corrected chi connectivity index (χ3v) is 3.63. The van der Waals surface area contributed by atoms with E-state index in [0.717, 1.165) is 6.07 Å². The van der Waals surface area contributed by atoms with E-state index in [1.807, 2.05) is 6.92 Å². The van der Waals surface area contributed by atoms with Crippen LogP contribution in [0.15, 0.2) is 41.6 Å². The predicted octanol–water partition coefficient (Wildman–Crippen LogP) is 3.11. The van der Waals surface area contributed by atoms with Gasteiger partial charge in [0.1, 0.15) is 12.4 Å². The molecule has 0 atom stereocenters. The summed E-state index contributed by atoms with van der Waals surface area (Å²) in [4.78, 5) is 14.0. The summed E-state index contributed by atoms with van der Waals surface area (Å²) in [6.07, 6.45) is -3.36. The number of alkyl halides is 3. The summed E-state index contributed by atoms with van der Waals surface area (Å²) in [6, 6.07) is 7.22. The van der Waals surface area contributed by atoms with Crippen LogP contribution in [0, 0.1) is 0 Å². The van der Waals surface area contributed by atoms with Gasteiger partial charge in [-0.3, -0.25) is 5.43 Å². The third-order valence-electron chi connectivity index (χ3n) is 3.34. The van der Waals surface area contributed by atoms with Crippen molar-refractivity contribution in [3.8, 4) is 5.75 Å². The Kier molecular flexibility index (Phi) is 6.62. The molecule has 0 aliphatic heterocycles. The minimum atomic E-state index is -4.53. The highest BCUT2D eigenvalue weighted by molar-refractivity contribution is 6.33. The lowest BCUT2D eigenvalue weighted by Crippen LogP contribution is -2.28. The van der Waals surface area contributed by atoms with Gasteiger partial charge in [-0.2, -0.15) is 18.3 Å². The molecule has 0 spiro atoms. The Morgan fingerprint density at radius 2 is 2.00 bits per heavy atom. The quantitative estimate of drug-likeness (QED) is 0.570. The zero-order valence-electron chi connectivity index (χ0n) is 14.0. The van der Waals surface area contributed by atoms with Gasteiger partial charge in [-0.1, -0.05) is 18.5 Å². The minimum Gasteiger partial charge on any atom is -0.546 e. The Morgan fingerprint density at radius 3 is 2.52 bits per heavy atom. The van der Waals surface area contributed by atoms with E-state index in [4.69, 9.17) is 16.3 Å². The lowest BCUT2D eigenvalue weighted by atomic mass is 10.1. The maximum absolute atomic E-state index is 12.6. The summed E-state index contributed by atoms with van der Waals surface area (Å²) >= 11 is 5.83. The van der Waals surface area contributed by atoms with Crippen molar-refractivity contribution in [2.24, 2.45) is 5.10 Å². The molecule has 0 unspecified atom stereocenters. The highest BCUT2D eigenvalue weighted by Gasteiger charge is 2.31. The average molecular weight is 401 g/mol. The number of ether oxygens (including phenoxy) is 1. The number of hydrogen-bond donors (Lipinski definition) is 1. The molecule has 2 rings (SSSR count). The van der Waals surface area contributed by atoms with Crippen molar-refractivity contribution in [3.63, 3.8) is 0 Å². The molecule has 0 aliphatic rings. The molecule has 6 nitrogen and oxygen atoms in total. The van der Waals surface area contributed by atoms with Crippen LogP contribution in [0.1, 0.15) is 24.5 Å². The Morgan fingerprint density at radius 1 is 1.33 bits per heavy atom. The van der Waals surface area contributed by atoms with Gasteiger partial charge in [0.2, 0.25) is 0 Å². The molecule has 10 heteroatoms. The molecule has 1 aromatic carbocycles. The van der Waals surface area contributed by atoms with Crippen LogP contribution in [0.2, 0.25) is 5.02 Å². The first-order valence-electron chi connectivity index (χ1n) is 7.69. The number of hydrogen-bond acceptors (Lipinski definition) is 6. The number of rotatable bonds is 7. The highest BCUT2D eigenvalue weighted by Crippen LogP contribution is 2.32. The van der Waals surface area contributed by atoms with Crippen molar-refractivity contribution in [2.75, 3.05) is 12.0 Å². The second kappa shape index (κ2) is 8.72. The first-order chi connectivity index (χ1) is 12.7. The fraction of sp³-hybridized carbons (Fsp3) is 0.235. The number of halogens is 4. The number of aliphatic carboxylic acids is 1. The average Bonchev–Trinajstić information content (AvgIpc) is 2.61. The molecular formula is C17H14ClF3N3O3-. The number of benzene rings is 1. The van der Waals surface area contributed by atoms with E-state index >= 15 is 0 Å². The summed E-state index contributed by atoms with van der Waals surface area (Å²) in [6.45, 7) is 1.27. The first kappa shape index (κ1) is 20.5. The number of aromatic nitrogens is 1. The molecule has 27 heavy (non-hydrogen) atoms. The van der Waals surface area contributed by atoms with Crippen molar-refractivity contribution in [1.82, 2.24) is 4.98 Å². The van der Waals surface area contributed by atoms with E-state index < -0.39 is 24.3 Å². The molecule has 2 aromatic rings. The number of carbonyl (C=O) groups is 1. The standard InChI is InChI=1S/C17H15ClF3N3O3/c1-2-14(10-3-5-12(6-4-10)27-9-15(25)26)23-24-16-13(18)7-11(8-22-16)17(19,20)21/h3-8H,2,9H2,1H3,(H,22,24)(H,25,26)/p-1/b23-14-. The monoisotopic (exact) mass is 400 g/mol. The zero-order valence-corrected chi connectivity index (χ0v) is 14.8. The second-order valence-electron chi connectivity index (χ2n) is 5.26. The van der Waals surface area contributed by atoms with Crippen LogP contribution < -0.4 is 15.3 Å². The number of anilines is 1. The van der Waals surface area contributed by atoms with Crippen LogP contribution in [0.5, 0.6) is 5.75 Å². The molecule has 0 saturated heterocycles. The van der Waals surface area contributed by atoms with Gasteiger partial charge < -0.3 is 14.6 Å². The summed E-state index contributed by atoms with van der Waals surface area (Å²) in [7, 11) is 0. The normalized spacial score (nSPS) is 12.0. The van der Waals surface area contributed by atoms with Gasteiger partial charge in [0.15, 0.2) is 5.82 Å². The Bertz CT molecular complexity index is 840. The number of nitrogens with one attached hydrogen (secondary N) is 1. The minimum absolute atomic E-state index is 0.00970. The van der Waals surface area contributed by atoms with E-state index in [1.54, 1.807) is 24.3 Å². The van der Waals surface area contributed by atoms with Crippen molar-refractivity contribution in [2.45, 2.75) is 19.5 Å². The summed E-state index contributed by atoms with van der Waals surface area (Å²) < 4.78 is 42.9. The lowest BCUT2D eigenvalue weighted by molar-refractivity contribution is -0.307. The smallest absolute Gasteiger partial charge is 0.417 e. The van der Waals surface area contributed by atoms with Crippen molar-refractivity contribution < 1.29 is 27.8 Å². The molecule has 0 radical (unpaired) electrons. The van der Waals surface area contributed by atoms with E-state index in [1.165, 1.54) is 0 Å². The summed E-state index contributed by atoms with van der Waals surface area (Å²) in [5, 5.41) is 14.3. The van der Waals surface area contributed by atoms with Gasteiger partial charge in [-0.25, -0.2) is 4.98 Å². The molecule has 0 saturated carbocycles. The molecule has 1 N–H and O–H groups in total. The van der Waals surface area contributed by atoms with Crippen LogP contribution in [-0.4, -0.2) is 23.3 Å². The number of hydrazone groups is 1. The molecule has 0 bridgehead atoms. The largest absolute Gasteiger partial charge is 0.546 e. The second-order valence-corrected chi connectivity index (χ2v) is 5.67. The van der Waals surface area contributed by atoms with Gasteiger partial charge >= 0.3 is 6.18 Å². The third kappa shape index (κ3) is 5.85. The molecule has 144 valence electrons. The summed E-state index contributed by atoms with van der Waals surface area (Å²) in [5.41, 5.74) is 2.89. The van der Waals surface area contributed by atoms with Gasteiger partial charge in [-0.15, -0.1) is 0 Å². The number of carboxylic acids is 1. The van der Waals surface area contributed by atoms with Crippen LogP contribution in [0.3, 0.4) is 0 Å². The van der Waals surface area contributed by atoms with Gasteiger partial charge in [0.05, 0.1) is 22.3 Å². The van der Waals surface area contributed by atoms with Crippen molar-refractivity contribution in [3.05, 3.63) is 52.7 Å². The van der Waals surface area contributed by atoms with Gasteiger partial charge in [0, 0.05) is 6.20 Å². The van der Waals surface area contributed by atoms with Crippen molar-refractivity contribution >= 4 is 29.1 Å². The van der Waals surface area contributed by atoms with Crippen LogP contribution in [0.4, 0.5) is 19.0 Å². The van der Waals surface area contributed by atoms with E-state index in [2.05, 4.69) is 15.5 Å². The number of carbonyl (C=O) groups excluding carboxylic acids is 1. The van der Waals surface area contributed by atoms with E-state index in [9.17, 15) is 23.1 Å². The van der Waals surface area contributed by atoms with Crippen LogP contribution in [0.25, 0.3) is 0 Å². The lowest BCUT2D eigenvalue weighted by Gasteiger charge is -2.10. The molecule has 1 aromatic heterocycles. The molecular weight excluding hydrogens is 387 g/mol. The van der Waals surface area contributed by atoms with E-state index in [-0.39, 0.29) is 10.8 Å². The van der Waals surface area contributed by atoms with Gasteiger partial charge in [-0.05, 0) is 42.3 Å². The maximum Gasteiger partial charge on any atom is 0.417 e. The fourth-order valence-electron chi connectivity index (χ4n) is 2.03. The topological polar surface area (TPSA) is 86.6 Å². The molecule has 0 fully saturated rings. The van der Waals surface area contributed by atoms with Gasteiger partial charge in [0.25, 0.3) is 0 Å². The highest BCUT2D eigenvalue weighted by atomic mass is 35.5.